The van der Waals surface area contributed by atoms with Gasteiger partial charge in [0, 0.05) is 0 Å². The normalized spacial score (nSPS) is 36.1. The van der Waals surface area contributed by atoms with Gasteiger partial charge in [-0.05, 0) is 31.3 Å². The highest BCUT2D eigenvalue weighted by atomic mass is 16.5. The van der Waals surface area contributed by atoms with E-state index in [1.165, 1.54) is 18.4 Å². The molecule has 2 aliphatic rings. The number of allylic oxidation sites excluding steroid dienone is 1. The van der Waals surface area contributed by atoms with Gasteiger partial charge in [-0.15, -0.1) is 0 Å². The molecule has 11 heavy (non-hydrogen) atoms. The Hall–Kier alpha value is -0.790. The molecule has 2 atom stereocenters. The number of rotatable bonds is 0. The second-order valence-electron chi connectivity index (χ2n) is 3.44. The van der Waals surface area contributed by atoms with Crippen LogP contribution in [0.1, 0.15) is 26.2 Å². The van der Waals surface area contributed by atoms with E-state index in [1.54, 1.807) is 6.26 Å². The molecular formula is C9H12O2. The molecule has 2 heteroatoms. The van der Waals surface area contributed by atoms with Gasteiger partial charge in [0.15, 0.2) is 0 Å². The molecule has 1 aliphatic heterocycles. The summed E-state index contributed by atoms with van der Waals surface area (Å²) < 4.78 is 4.90. The standard InChI is InChI=1S/C9H12O2/c1-6-5-11-9(10)8-4-2-3-7(6)8/h5,7-8H,2-4H2,1H3/t7?,8-/m0/s1. The Bertz CT molecular complexity index is 218. The first-order valence-corrected chi connectivity index (χ1v) is 4.16. The van der Waals surface area contributed by atoms with Gasteiger partial charge in [0.1, 0.15) is 0 Å². The van der Waals surface area contributed by atoms with Crippen LogP contribution in [-0.2, 0) is 9.53 Å². The van der Waals surface area contributed by atoms with Gasteiger partial charge in [0.2, 0.25) is 0 Å². The first kappa shape index (κ1) is 6.89. The van der Waals surface area contributed by atoms with Crippen LogP contribution in [0.25, 0.3) is 0 Å². The molecule has 0 aromatic heterocycles. The van der Waals surface area contributed by atoms with Crippen molar-refractivity contribution in [2.45, 2.75) is 26.2 Å². The van der Waals surface area contributed by atoms with Crippen LogP contribution in [0.5, 0.6) is 0 Å². The fraction of sp³-hybridized carbons (Fsp3) is 0.667. The van der Waals surface area contributed by atoms with Crippen LogP contribution < -0.4 is 0 Å². The van der Waals surface area contributed by atoms with Gasteiger partial charge in [-0.3, -0.25) is 4.79 Å². The van der Waals surface area contributed by atoms with E-state index in [4.69, 9.17) is 4.74 Å². The third-order valence-corrected chi connectivity index (χ3v) is 2.76. The zero-order valence-corrected chi connectivity index (χ0v) is 6.67. The quantitative estimate of drug-likeness (QED) is 0.495. The van der Waals surface area contributed by atoms with Crippen LogP contribution in [0.15, 0.2) is 11.8 Å². The van der Waals surface area contributed by atoms with Crippen molar-refractivity contribution >= 4 is 5.97 Å². The van der Waals surface area contributed by atoms with E-state index in [9.17, 15) is 4.79 Å². The Morgan fingerprint density at radius 3 is 2.91 bits per heavy atom. The molecule has 0 saturated heterocycles. The maximum absolute atomic E-state index is 11.2. The fourth-order valence-electron chi connectivity index (χ4n) is 2.11. The molecule has 0 N–H and O–H groups in total. The van der Waals surface area contributed by atoms with Crippen LogP contribution in [0.3, 0.4) is 0 Å². The SMILES string of the molecule is CC1=COC(=O)[C@H]2CCCC12. The predicted molar refractivity (Wildman–Crippen MR) is 40.7 cm³/mol. The van der Waals surface area contributed by atoms with Crippen LogP contribution in [0.2, 0.25) is 0 Å². The second kappa shape index (κ2) is 2.36. The summed E-state index contributed by atoms with van der Waals surface area (Å²) in [5.74, 6) is 0.661. The van der Waals surface area contributed by atoms with E-state index >= 15 is 0 Å². The Kier molecular flexibility index (Phi) is 1.48. The van der Waals surface area contributed by atoms with Crippen LogP contribution in [-0.4, -0.2) is 5.97 Å². The summed E-state index contributed by atoms with van der Waals surface area (Å²) in [6.07, 6.45) is 4.99. The number of hydrogen-bond donors (Lipinski definition) is 0. The minimum atomic E-state index is -0.0156. The van der Waals surface area contributed by atoms with Gasteiger partial charge in [0.05, 0.1) is 12.2 Å². The van der Waals surface area contributed by atoms with Gasteiger partial charge in [-0.1, -0.05) is 6.42 Å². The van der Waals surface area contributed by atoms with Crippen molar-refractivity contribution in [1.82, 2.24) is 0 Å². The lowest BCUT2D eigenvalue weighted by Gasteiger charge is -2.22. The van der Waals surface area contributed by atoms with E-state index in [1.807, 2.05) is 0 Å². The number of fused-ring (bicyclic) bond motifs is 1. The predicted octanol–water partition coefficient (Wildman–Crippen LogP) is 1.86. The largest absolute Gasteiger partial charge is 0.434 e. The Labute approximate surface area is 66.2 Å². The molecule has 0 radical (unpaired) electrons. The second-order valence-corrected chi connectivity index (χ2v) is 3.44. The minimum absolute atomic E-state index is 0.0156. The number of cyclic esters (lactones) is 1. The number of carbonyl (C=O) groups excluding carboxylic acids is 1. The molecule has 1 fully saturated rings. The average molecular weight is 152 g/mol. The summed E-state index contributed by atoms with van der Waals surface area (Å²) in [7, 11) is 0. The zero-order chi connectivity index (χ0) is 7.84. The Morgan fingerprint density at radius 1 is 1.45 bits per heavy atom. The summed E-state index contributed by atoms with van der Waals surface area (Å²) in [6.45, 7) is 2.05. The van der Waals surface area contributed by atoms with Crippen LogP contribution in [0.4, 0.5) is 0 Å². The molecule has 2 rings (SSSR count). The maximum Gasteiger partial charge on any atom is 0.314 e. The first-order valence-electron chi connectivity index (χ1n) is 4.16. The lowest BCUT2D eigenvalue weighted by Crippen LogP contribution is -2.24. The van der Waals surface area contributed by atoms with Gasteiger partial charge in [-0.2, -0.15) is 0 Å². The number of hydrogen-bond acceptors (Lipinski definition) is 2. The molecule has 60 valence electrons. The third kappa shape index (κ3) is 0.971. The summed E-state index contributed by atoms with van der Waals surface area (Å²) in [5, 5.41) is 0. The first-order chi connectivity index (χ1) is 5.29. The molecule has 0 aromatic rings. The number of ether oxygens (including phenoxy) is 1. The minimum Gasteiger partial charge on any atom is -0.434 e. The van der Waals surface area contributed by atoms with Crippen molar-refractivity contribution in [3.63, 3.8) is 0 Å². The van der Waals surface area contributed by atoms with Crippen molar-refractivity contribution in [3.05, 3.63) is 11.8 Å². The number of esters is 1. The van der Waals surface area contributed by atoms with E-state index in [2.05, 4.69) is 6.92 Å². The lowest BCUT2D eigenvalue weighted by molar-refractivity contribution is -0.145. The lowest BCUT2D eigenvalue weighted by atomic mass is 9.89. The highest BCUT2D eigenvalue weighted by Crippen LogP contribution is 2.39. The van der Waals surface area contributed by atoms with Gasteiger partial charge < -0.3 is 4.74 Å². The molecule has 0 aromatic carbocycles. The van der Waals surface area contributed by atoms with Crippen molar-refractivity contribution in [2.75, 3.05) is 0 Å². The highest BCUT2D eigenvalue weighted by molar-refractivity contribution is 5.75. The maximum atomic E-state index is 11.2. The van der Waals surface area contributed by atoms with Gasteiger partial charge in [0.25, 0.3) is 0 Å². The topological polar surface area (TPSA) is 26.3 Å². The van der Waals surface area contributed by atoms with E-state index in [0.29, 0.717) is 5.92 Å². The fourth-order valence-corrected chi connectivity index (χ4v) is 2.11. The summed E-state index contributed by atoms with van der Waals surface area (Å²) >= 11 is 0. The summed E-state index contributed by atoms with van der Waals surface area (Å²) in [4.78, 5) is 11.2. The third-order valence-electron chi connectivity index (χ3n) is 2.76. The van der Waals surface area contributed by atoms with Crippen molar-refractivity contribution in [3.8, 4) is 0 Å². The molecule has 0 spiro atoms. The highest BCUT2D eigenvalue weighted by Gasteiger charge is 2.37. The molecular weight excluding hydrogens is 140 g/mol. The van der Waals surface area contributed by atoms with E-state index in [-0.39, 0.29) is 11.9 Å². The van der Waals surface area contributed by atoms with Crippen LogP contribution >= 0.6 is 0 Å². The molecule has 2 nitrogen and oxygen atoms in total. The van der Waals surface area contributed by atoms with E-state index < -0.39 is 0 Å². The van der Waals surface area contributed by atoms with Gasteiger partial charge in [-0.25, -0.2) is 0 Å². The smallest absolute Gasteiger partial charge is 0.314 e. The summed E-state index contributed by atoms with van der Waals surface area (Å²) in [6, 6.07) is 0. The van der Waals surface area contributed by atoms with E-state index in [0.717, 1.165) is 6.42 Å². The molecule has 1 aliphatic carbocycles. The zero-order valence-electron chi connectivity index (χ0n) is 6.67. The van der Waals surface area contributed by atoms with Gasteiger partial charge >= 0.3 is 5.97 Å². The Morgan fingerprint density at radius 2 is 2.18 bits per heavy atom. The number of carbonyl (C=O) groups is 1. The Balaban J connectivity index is 2.27. The molecule has 0 amide bonds. The average Bonchev–Trinajstić information content (AvgIpc) is 2.45. The molecule has 0 bridgehead atoms. The van der Waals surface area contributed by atoms with Crippen molar-refractivity contribution < 1.29 is 9.53 Å². The monoisotopic (exact) mass is 152 g/mol. The molecule has 1 saturated carbocycles. The molecule has 1 heterocycles. The van der Waals surface area contributed by atoms with Crippen LogP contribution in [0, 0.1) is 11.8 Å². The van der Waals surface area contributed by atoms with Crippen molar-refractivity contribution in [1.29, 1.82) is 0 Å². The molecule has 1 unspecified atom stereocenters. The van der Waals surface area contributed by atoms with Crippen molar-refractivity contribution in [2.24, 2.45) is 11.8 Å². The summed E-state index contributed by atoms with van der Waals surface area (Å²) in [5.41, 5.74) is 1.24.